The highest BCUT2D eigenvalue weighted by atomic mass is 19.4. The van der Waals surface area contributed by atoms with Gasteiger partial charge in [-0.1, -0.05) is 11.6 Å². The van der Waals surface area contributed by atoms with Crippen LogP contribution >= 0.6 is 0 Å². The van der Waals surface area contributed by atoms with Crippen LogP contribution < -0.4 is 15.1 Å². The summed E-state index contributed by atoms with van der Waals surface area (Å²) in [4.78, 5) is 50.7. The summed E-state index contributed by atoms with van der Waals surface area (Å²) in [5.41, 5.74) is 6.48. The number of amides is 3. The van der Waals surface area contributed by atoms with Crippen LogP contribution in [-0.4, -0.2) is 101 Å². The summed E-state index contributed by atoms with van der Waals surface area (Å²) in [7, 11) is 0. The van der Waals surface area contributed by atoms with E-state index < -0.39 is 30.5 Å². The minimum absolute atomic E-state index is 0.164. The first-order valence-corrected chi connectivity index (χ1v) is 19.9. The van der Waals surface area contributed by atoms with Crippen LogP contribution in [0, 0.1) is 11.9 Å². The second-order valence-electron chi connectivity index (χ2n) is 16.0. The van der Waals surface area contributed by atoms with Gasteiger partial charge >= 0.3 is 6.18 Å². The van der Waals surface area contributed by atoms with E-state index in [9.17, 15) is 31.9 Å². The van der Waals surface area contributed by atoms with Crippen molar-refractivity contribution >= 4 is 45.6 Å². The smallest absolute Gasteiger partial charge is 0.370 e. The van der Waals surface area contributed by atoms with Gasteiger partial charge < -0.3 is 14.7 Å². The molecule has 1 atom stereocenters. The van der Waals surface area contributed by atoms with E-state index in [1.807, 2.05) is 24.3 Å². The molecular weight excluding hydrogens is 741 g/mol. The first-order valence-electron chi connectivity index (χ1n) is 19.9. The maximum Gasteiger partial charge on any atom is 0.392 e. The summed E-state index contributed by atoms with van der Waals surface area (Å²) in [5.74, 6) is -0.970. The number of carbonyl (C=O) groups excluding carboxylic acids is 3. The number of allylic oxidation sites excluding steroid dienone is 1. The van der Waals surface area contributed by atoms with Crippen molar-refractivity contribution in [1.29, 1.82) is 0 Å². The molecule has 11 nitrogen and oxygen atoms in total. The van der Waals surface area contributed by atoms with Crippen molar-refractivity contribution in [2.24, 2.45) is 5.92 Å². The normalized spacial score (nSPS) is 21.3. The lowest BCUT2D eigenvalue weighted by Gasteiger charge is -2.40. The van der Waals surface area contributed by atoms with E-state index in [4.69, 9.17) is 4.98 Å². The SMILES string of the molecule is O=C1CC[C@H](N2Cc3cc(N4CCN(CC5CCN(c6ccc(C7=C(CC(F)(F)F)CCCc8c7ccc7[nH]nc(F)c87)nc6)CC5)CC4)ccc3C2=O)C(=O)N1. The molecular formula is C42H44F4N8O3. The van der Waals surface area contributed by atoms with E-state index in [0.717, 1.165) is 75.6 Å². The molecule has 298 valence electrons. The van der Waals surface area contributed by atoms with Gasteiger partial charge in [-0.05, 0) is 97.5 Å². The molecule has 2 aromatic heterocycles. The molecule has 0 radical (unpaired) electrons. The van der Waals surface area contributed by atoms with E-state index in [1.165, 1.54) is 0 Å². The maximum atomic E-state index is 14.8. The van der Waals surface area contributed by atoms with Gasteiger partial charge in [-0.25, -0.2) is 0 Å². The van der Waals surface area contributed by atoms with Gasteiger partial charge in [0.1, 0.15) is 6.04 Å². The molecule has 3 fully saturated rings. The quantitative estimate of drug-likeness (QED) is 0.174. The van der Waals surface area contributed by atoms with Crippen LogP contribution in [0.4, 0.5) is 28.9 Å². The summed E-state index contributed by atoms with van der Waals surface area (Å²) in [5, 5.41) is 9.09. The fraction of sp³-hybridized carbons (Fsp3) is 0.452. The summed E-state index contributed by atoms with van der Waals surface area (Å²) < 4.78 is 56.3. The largest absolute Gasteiger partial charge is 0.392 e. The Bertz CT molecular complexity index is 2260. The van der Waals surface area contributed by atoms with Gasteiger partial charge in [-0.15, -0.1) is 5.10 Å². The van der Waals surface area contributed by atoms with Crippen molar-refractivity contribution in [1.82, 2.24) is 30.3 Å². The lowest BCUT2D eigenvalue weighted by Crippen LogP contribution is -2.52. The fourth-order valence-electron chi connectivity index (χ4n) is 9.57. The predicted molar refractivity (Wildman–Crippen MR) is 206 cm³/mol. The number of benzene rings is 2. The Hall–Kier alpha value is -5.31. The Labute approximate surface area is 327 Å². The van der Waals surface area contributed by atoms with Gasteiger partial charge in [-0.3, -0.25) is 34.7 Å². The number of carbonyl (C=O) groups is 3. The zero-order chi connectivity index (χ0) is 39.4. The van der Waals surface area contributed by atoms with Gasteiger partial charge in [-0.2, -0.15) is 17.6 Å². The van der Waals surface area contributed by atoms with Crippen LogP contribution in [0.2, 0.25) is 0 Å². The lowest BCUT2D eigenvalue weighted by molar-refractivity contribution is -0.137. The molecule has 9 rings (SSSR count). The molecule has 2 N–H and O–H groups in total. The van der Waals surface area contributed by atoms with E-state index >= 15 is 0 Å². The van der Waals surface area contributed by atoms with Crippen molar-refractivity contribution in [3.63, 3.8) is 0 Å². The van der Waals surface area contributed by atoms with Gasteiger partial charge in [0, 0.05) is 75.6 Å². The van der Waals surface area contributed by atoms with Crippen LogP contribution in [-0.2, 0) is 22.6 Å². The highest BCUT2D eigenvalue weighted by Gasteiger charge is 2.39. The molecule has 2 aromatic carbocycles. The number of hydrogen-bond donors (Lipinski definition) is 2. The zero-order valence-corrected chi connectivity index (χ0v) is 31.5. The van der Waals surface area contributed by atoms with Gasteiger partial charge in [0.2, 0.25) is 17.8 Å². The fourth-order valence-corrected chi connectivity index (χ4v) is 9.57. The third-order valence-corrected chi connectivity index (χ3v) is 12.5. The molecule has 4 aromatic rings. The third-order valence-electron chi connectivity index (χ3n) is 12.5. The minimum atomic E-state index is -4.39. The van der Waals surface area contributed by atoms with Crippen molar-refractivity contribution in [3.8, 4) is 0 Å². The molecule has 3 saturated heterocycles. The van der Waals surface area contributed by atoms with Gasteiger partial charge in [0.25, 0.3) is 5.91 Å². The highest BCUT2D eigenvalue weighted by Crippen LogP contribution is 2.42. The van der Waals surface area contributed by atoms with E-state index in [0.29, 0.717) is 70.6 Å². The highest BCUT2D eigenvalue weighted by molar-refractivity contribution is 6.05. The summed E-state index contributed by atoms with van der Waals surface area (Å²) in [6.45, 7) is 6.69. The van der Waals surface area contributed by atoms with Crippen LogP contribution in [0.25, 0.3) is 16.5 Å². The number of hydrogen-bond acceptors (Lipinski definition) is 8. The van der Waals surface area contributed by atoms with Crippen LogP contribution in [0.1, 0.15) is 77.7 Å². The molecule has 4 aliphatic heterocycles. The number of aromatic amines is 1. The second kappa shape index (κ2) is 14.9. The molecule has 0 unspecified atom stereocenters. The molecule has 3 amide bonds. The van der Waals surface area contributed by atoms with Crippen molar-refractivity contribution in [2.75, 3.05) is 55.6 Å². The molecule has 0 bridgehead atoms. The Morgan fingerprint density at radius 3 is 2.32 bits per heavy atom. The number of H-pyrrole nitrogens is 1. The number of piperidine rings is 2. The number of imide groups is 1. The Morgan fingerprint density at radius 2 is 1.58 bits per heavy atom. The first-order chi connectivity index (χ1) is 27.5. The average molecular weight is 785 g/mol. The number of rotatable bonds is 7. The third kappa shape index (κ3) is 7.37. The number of halogens is 4. The average Bonchev–Trinajstić information content (AvgIpc) is 3.67. The number of aryl methyl sites for hydroxylation is 1. The summed E-state index contributed by atoms with van der Waals surface area (Å²) >= 11 is 0. The number of alkyl halides is 3. The number of nitrogens with zero attached hydrogens (tertiary/aromatic N) is 6. The summed E-state index contributed by atoms with van der Waals surface area (Å²) in [6, 6.07) is 12.5. The topological polar surface area (TPSA) is 118 Å². The first kappa shape index (κ1) is 37.3. The maximum absolute atomic E-state index is 14.8. The van der Waals surface area contributed by atoms with Gasteiger partial charge in [0.15, 0.2) is 0 Å². The van der Waals surface area contributed by atoms with Crippen molar-refractivity contribution in [3.05, 3.63) is 88.1 Å². The predicted octanol–water partition coefficient (Wildman–Crippen LogP) is 5.99. The molecule has 15 heteroatoms. The summed E-state index contributed by atoms with van der Waals surface area (Å²) in [6.07, 6.45) is 0.117. The number of nitrogens with one attached hydrogen (secondary N) is 2. The molecule has 57 heavy (non-hydrogen) atoms. The number of piperazine rings is 1. The van der Waals surface area contributed by atoms with Crippen molar-refractivity contribution in [2.45, 2.75) is 70.1 Å². The van der Waals surface area contributed by atoms with E-state index in [2.05, 4.69) is 36.3 Å². The second-order valence-corrected chi connectivity index (χ2v) is 16.0. The molecule has 0 saturated carbocycles. The zero-order valence-electron chi connectivity index (χ0n) is 31.5. The van der Waals surface area contributed by atoms with Gasteiger partial charge in [0.05, 0.1) is 34.9 Å². The minimum Gasteiger partial charge on any atom is -0.370 e. The number of aromatic nitrogens is 3. The Kier molecular flexibility index (Phi) is 9.74. The Balaban J connectivity index is 0.806. The number of pyridine rings is 1. The van der Waals surface area contributed by atoms with E-state index in [1.54, 1.807) is 23.2 Å². The van der Waals surface area contributed by atoms with Crippen LogP contribution in [0.5, 0.6) is 0 Å². The number of anilines is 2. The number of fused-ring (bicyclic) bond motifs is 4. The molecule has 6 heterocycles. The molecule has 1 aliphatic carbocycles. The molecule has 5 aliphatic rings. The van der Waals surface area contributed by atoms with Crippen LogP contribution in [0.15, 0.2) is 54.2 Å². The van der Waals surface area contributed by atoms with Crippen molar-refractivity contribution < 1.29 is 31.9 Å². The van der Waals surface area contributed by atoms with E-state index in [-0.39, 0.29) is 30.2 Å². The molecule has 0 spiro atoms. The van der Waals surface area contributed by atoms with Crippen LogP contribution in [0.3, 0.4) is 0 Å². The Morgan fingerprint density at radius 1 is 0.825 bits per heavy atom. The standard InChI is InChI=1S/C42H44F4N8O3/c43-39-38-31-3-1-2-26(21-42(44,45)46)37(32(31)7-9-34(38)49-50-39)33-8-5-29(22-47-33)52-14-12-25(13-15-52)23-51-16-18-53(19-17-51)28-4-6-30-27(20-28)24-54(41(30)57)35-10-11-36(55)48-40(35)56/h4-9,20,22,25,35H,1-3,10-19,21,23-24H2,(H,49,50)(H,48,55,56)/t35-/m0/s1. The monoisotopic (exact) mass is 784 g/mol. The lowest BCUT2D eigenvalue weighted by atomic mass is 9.90.